The molecular formula is C25H33N3O4. The highest BCUT2D eigenvalue weighted by molar-refractivity contribution is 5.86. The predicted molar refractivity (Wildman–Crippen MR) is 124 cm³/mol. The standard InChI is InChI=1S/C25H33N3O4/c1-25(2,3)32-24(30)27-22(23(29)28-15-13-26-14-16-28)17-19-9-11-21(12-10-19)31-18-20-7-5-4-6-8-20/h4-12,22,26H,13-18H2,1-3H3,(H,27,30). The van der Waals surface area contributed by atoms with Crippen LogP contribution in [0.2, 0.25) is 0 Å². The third kappa shape index (κ3) is 7.57. The smallest absolute Gasteiger partial charge is 0.408 e. The lowest BCUT2D eigenvalue weighted by Crippen LogP contribution is -2.55. The summed E-state index contributed by atoms with van der Waals surface area (Å²) in [6.07, 6.45) is -0.213. The van der Waals surface area contributed by atoms with E-state index < -0.39 is 17.7 Å². The van der Waals surface area contributed by atoms with Crippen LogP contribution in [0.15, 0.2) is 54.6 Å². The molecule has 3 rings (SSSR count). The molecule has 1 unspecified atom stereocenters. The number of benzene rings is 2. The molecule has 7 heteroatoms. The van der Waals surface area contributed by atoms with Gasteiger partial charge in [0.2, 0.25) is 5.91 Å². The maximum Gasteiger partial charge on any atom is 0.408 e. The van der Waals surface area contributed by atoms with Crippen LogP contribution in [-0.4, -0.2) is 54.7 Å². The normalized spacial score (nSPS) is 15.0. The van der Waals surface area contributed by atoms with Gasteiger partial charge in [0.25, 0.3) is 0 Å². The van der Waals surface area contributed by atoms with Gasteiger partial charge in [-0.05, 0) is 44.0 Å². The zero-order valence-corrected chi connectivity index (χ0v) is 19.1. The second kappa shape index (κ2) is 11.0. The zero-order chi connectivity index (χ0) is 23.0. The van der Waals surface area contributed by atoms with Crippen molar-refractivity contribution < 1.29 is 19.1 Å². The van der Waals surface area contributed by atoms with Gasteiger partial charge in [-0.3, -0.25) is 4.79 Å². The minimum Gasteiger partial charge on any atom is -0.489 e. The fourth-order valence-electron chi connectivity index (χ4n) is 3.45. The summed E-state index contributed by atoms with van der Waals surface area (Å²) in [4.78, 5) is 27.3. The van der Waals surface area contributed by atoms with E-state index in [0.29, 0.717) is 26.1 Å². The van der Waals surface area contributed by atoms with Gasteiger partial charge >= 0.3 is 6.09 Å². The Bertz CT molecular complexity index is 872. The zero-order valence-electron chi connectivity index (χ0n) is 19.1. The SMILES string of the molecule is CC(C)(C)OC(=O)NC(Cc1ccc(OCc2ccccc2)cc1)C(=O)N1CCNCC1. The molecule has 0 radical (unpaired) electrons. The summed E-state index contributed by atoms with van der Waals surface area (Å²) in [5.74, 6) is 0.657. The van der Waals surface area contributed by atoms with Crippen molar-refractivity contribution >= 4 is 12.0 Å². The van der Waals surface area contributed by atoms with E-state index in [9.17, 15) is 9.59 Å². The van der Waals surface area contributed by atoms with Crippen LogP contribution in [0.3, 0.4) is 0 Å². The van der Waals surface area contributed by atoms with E-state index in [1.54, 1.807) is 25.7 Å². The Kier molecular flexibility index (Phi) is 8.11. The van der Waals surface area contributed by atoms with E-state index in [1.165, 1.54) is 0 Å². The maximum atomic E-state index is 13.1. The van der Waals surface area contributed by atoms with E-state index in [0.717, 1.165) is 30.0 Å². The van der Waals surface area contributed by atoms with Gasteiger partial charge in [-0.2, -0.15) is 0 Å². The molecule has 0 spiro atoms. The van der Waals surface area contributed by atoms with E-state index >= 15 is 0 Å². The van der Waals surface area contributed by atoms with Crippen LogP contribution in [0.25, 0.3) is 0 Å². The molecule has 32 heavy (non-hydrogen) atoms. The summed E-state index contributed by atoms with van der Waals surface area (Å²) in [6, 6.07) is 16.9. The van der Waals surface area contributed by atoms with E-state index in [2.05, 4.69) is 10.6 Å². The number of carbonyl (C=O) groups is 2. The predicted octanol–water partition coefficient (Wildman–Crippen LogP) is 3.13. The van der Waals surface area contributed by atoms with Crippen molar-refractivity contribution in [1.82, 2.24) is 15.5 Å². The average molecular weight is 440 g/mol. The monoisotopic (exact) mass is 439 g/mol. The van der Waals surface area contributed by atoms with Crippen molar-refractivity contribution in [2.45, 2.75) is 45.4 Å². The number of piperazine rings is 1. The second-order valence-electron chi connectivity index (χ2n) is 8.90. The molecule has 2 amide bonds. The van der Waals surface area contributed by atoms with Gasteiger partial charge in [0.15, 0.2) is 0 Å². The summed E-state index contributed by atoms with van der Waals surface area (Å²) < 4.78 is 11.2. The molecule has 172 valence electrons. The molecule has 7 nitrogen and oxygen atoms in total. The van der Waals surface area contributed by atoms with Crippen LogP contribution in [0.1, 0.15) is 31.9 Å². The molecular weight excluding hydrogens is 406 g/mol. The van der Waals surface area contributed by atoms with Gasteiger partial charge in [0.1, 0.15) is 24.0 Å². The van der Waals surface area contributed by atoms with Gasteiger partial charge in [0, 0.05) is 32.6 Å². The fourth-order valence-corrected chi connectivity index (χ4v) is 3.45. The molecule has 1 atom stereocenters. The highest BCUT2D eigenvalue weighted by atomic mass is 16.6. The number of alkyl carbamates (subject to hydrolysis) is 1. The highest BCUT2D eigenvalue weighted by Crippen LogP contribution is 2.16. The minimum absolute atomic E-state index is 0.0956. The Hall–Kier alpha value is -3.06. The Labute approximate surface area is 190 Å². The average Bonchev–Trinajstić information content (AvgIpc) is 2.78. The van der Waals surface area contributed by atoms with Crippen molar-refractivity contribution in [2.24, 2.45) is 0 Å². The molecule has 2 aromatic rings. The molecule has 1 aliphatic rings. The Morgan fingerprint density at radius 2 is 1.66 bits per heavy atom. The van der Waals surface area contributed by atoms with Crippen molar-refractivity contribution in [2.75, 3.05) is 26.2 Å². The molecule has 2 N–H and O–H groups in total. The second-order valence-corrected chi connectivity index (χ2v) is 8.90. The van der Waals surface area contributed by atoms with Gasteiger partial charge in [-0.1, -0.05) is 42.5 Å². The van der Waals surface area contributed by atoms with Crippen molar-refractivity contribution in [1.29, 1.82) is 0 Å². The Balaban J connectivity index is 1.64. The van der Waals surface area contributed by atoms with Gasteiger partial charge in [0.05, 0.1) is 0 Å². The molecule has 1 fully saturated rings. The third-order valence-corrected chi connectivity index (χ3v) is 5.03. The fraction of sp³-hybridized carbons (Fsp3) is 0.440. The quantitative estimate of drug-likeness (QED) is 0.693. The van der Waals surface area contributed by atoms with Crippen LogP contribution in [0.4, 0.5) is 4.79 Å². The van der Waals surface area contributed by atoms with Crippen molar-refractivity contribution in [3.8, 4) is 5.75 Å². The summed E-state index contributed by atoms with van der Waals surface area (Å²) in [5, 5.41) is 6.02. The van der Waals surface area contributed by atoms with E-state index in [1.807, 2.05) is 54.6 Å². The highest BCUT2D eigenvalue weighted by Gasteiger charge is 2.29. The molecule has 1 heterocycles. The van der Waals surface area contributed by atoms with Gasteiger partial charge in [-0.25, -0.2) is 4.79 Å². The number of nitrogens with one attached hydrogen (secondary N) is 2. The molecule has 2 aromatic carbocycles. The summed E-state index contributed by atoms with van der Waals surface area (Å²) in [6.45, 7) is 8.63. The van der Waals surface area contributed by atoms with Crippen LogP contribution in [0.5, 0.6) is 5.75 Å². The van der Waals surface area contributed by atoms with Crippen LogP contribution in [0, 0.1) is 0 Å². The number of carbonyl (C=O) groups excluding carboxylic acids is 2. The number of amides is 2. The van der Waals surface area contributed by atoms with Crippen molar-refractivity contribution in [3.63, 3.8) is 0 Å². The maximum absolute atomic E-state index is 13.1. The summed E-state index contributed by atoms with van der Waals surface area (Å²) in [5.41, 5.74) is 1.39. The van der Waals surface area contributed by atoms with Crippen LogP contribution >= 0.6 is 0 Å². The topological polar surface area (TPSA) is 79.9 Å². The number of hydrogen-bond donors (Lipinski definition) is 2. The number of rotatable bonds is 7. The molecule has 1 saturated heterocycles. The first-order valence-corrected chi connectivity index (χ1v) is 11.0. The first kappa shape index (κ1) is 23.6. The largest absolute Gasteiger partial charge is 0.489 e. The lowest BCUT2D eigenvalue weighted by Gasteiger charge is -2.31. The van der Waals surface area contributed by atoms with Crippen molar-refractivity contribution in [3.05, 3.63) is 65.7 Å². The first-order valence-electron chi connectivity index (χ1n) is 11.0. The Morgan fingerprint density at radius 1 is 1.00 bits per heavy atom. The van der Waals surface area contributed by atoms with Crippen LogP contribution in [-0.2, 0) is 22.6 Å². The molecule has 0 saturated carbocycles. The number of hydrogen-bond acceptors (Lipinski definition) is 5. The van der Waals surface area contributed by atoms with Crippen LogP contribution < -0.4 is 15.4 Å². The van der Waals surface area contributed by atoms with E-state index in [4.69, 9.17) is 9.47 Å². The van der Waals surface area contributed by atoms with Gasteiger partial charge in [-0.15, -0.1) is 0 Å². The Morgan fingerprint density at radius 3 is 2.28 bits per heavy atom. The lowest BCUT2D eigenvalue weighted by atomic mass is 10.0. The summed E-state index contributed by atoms with van der Waals surface area (Å²) in [7, 11) is 0. The summed E-state index contributed by atoms with van der Waals surface area (Å²) >= 11 is 0. The van der Waals surface area contributed by atoms with E-state index in [-0.39, 0.29) is 5.91 Å². The number of ether oxygens (including phenoxy) is 2. The third-order valence-electron chi connectivity index (χ3n) is 5.03. The molecule has 0 aliphatic carbocycles. The minimum atomic E-state index is -0.695. The number of nitrogens with zero attached hydrogens (tertiary/aromatic N) is 1. The molecule has 1 aliphatic heterocycles. The van der Waals surface area contributed by atoms with Gasteiger partial charge < -0.3 is 25.0 Å². The molecule has 0 aromatic heterocycles. The molecule has 0 bridgehead atoms. The first-order chi connectivity index (χ1) is 15.3. The lowest BCUT2D eigenvalue weighted by molar-refractivity contribution is -0.134.